The van der Waals surface area contributed by atoms with E-state index >= 15 is 0 Å². The minimum absolute atomic E-state index is 0.0319. The Morgan fingerprint density at radius 2 is 1.91 bits per heavy atom. The van der Waals surface area contributed by atoms with Gasteiger partial charge in [0, 0.05) is 60.1 Å². The minimum atomic E-state index is -0.465. The quantitative estimate of drug-likeness (QED) is 0.445. The number of hydrogen-bond donors (Lipinski definition) is 3. The summed E-state index contributed by atoms with van der Waals surface area (Å²) in [7, 11) is 1.54. The van der Waals surface area contributed by atoms with Gasteiger partial charge in [0.05, 0.1) is 26.7 Å². The number of aromatic nitrogens is 1. The maximum Gasteiger partial charge on any atom is 0.221 e. The normalized spacial score (nSPS) is 13.4. The molecule has 0 radical (unpaired) electrons. The molecule has 1 amide bonds. The number of nitrogens with two attached hydrogens (primary N) is 1. The number of nitrogens with one attached hydrogen (secondary N) is 2. The summed E-state index contributed by atoms with van der Waals surface area (Å²) in [6.07, 6.45) is 1.64. The summed E-state index contributed by atoms with van der Waals surface area (Å²) < 4.78 is 24.5. The first-order chi connectivity index (χ1) is 16.5. The third kappa shape index (κ3) is 5.93. The number of nitrogens with zero attached hydrogens (tertiary/aromatic N) is 2. The first-order valence-corrected chi connectivity index (χ1v) is 11.0. The Bertz CT molecular complexity index is 1130. The second-order valence-corrected chi connectivity index (χ2v) is 7.95. The van der Waals surface area contributed by atoms with Crippen molar-refractivity contribution in [1.82, 2.24) is 4.98 Å². The van der Waals surface area contributed by atoms with Crippen molar-refractivity contribution < 1.29 is 18.7 Å². The number of morpholine rings is 1. The zero-order valence-corrected chi connectivity index (χ0v) is 19.0. The van der Waals surface area contributed by atoms with Gasteiger partial charge in [0.25, 0.3) is 0 Å². The highest BCUT2D eigenvalue weighted by atomic mass is 19.1. The lowest BCUT2D eigenvalue weighted by atomic mass is 10.1. The first-order valence-electron chi connectivity index (χ1n) is 11.0. The predicted molar refractivity (Wildman–Crippen MR) is 130 cm³/mol. The van der Waals surface area contributed by atoms with Gasteiger partial charge in [-0.15, -0.1) is 0 Å². The third-order valence-electron chi connectivity index (χ3n) is 5.58. The van der Waals surface area contributed by atoms with Crippen LogP contribution in [0.1, 0.15) is 11.1 Å². The molecule has 2 heterocycles. The lowest BCUT2D eigenvalue weighted by Crippen LogP contribution is -2.36. The van der Waals surface area contributed by atoms with E-state index in [2.05, 4.69) is 32.7 Å². The number of hydrogen-bond acceptors (Lipinski definition) is 7. The molecule has 0 atom stereocenters. The van der Waals surface area contributed by atoms with E-state index in [4.69, 9.17) is 15.2 Å². The Morgan fingerprint density at radius 3 is 2.62 bits per heavy atom. The number of rotatable bonds is 9. The predicted octanol–water partition coefficient (Wildman–Crippen LogP) is 3.45. The molecule has 9 heteroatoms. The lowest BCUT2D eigenvalue weighted by molar-refractivity contribution is -0.117. The van der Waals surface area contributed by atoms with Crippen LogP contribution in [0.15, 0.2) is 54.7 Å². The smallest absolute Gasteiger partial charge is 0.221 e. The molecule has 1 aromatic heterocycles. The zero-order chi connectivity index (χ0) is 23.9. The Hall–Kier alpha value is -3.85. The van der Waals surface area contributed by atoms with Crippen molar-refractivity contribution in [2.75, 3.05) is 48.9 Å². The molecule has 34 heavy (non-hydrogen) atoms. The van der Waals surface area contributed by atoms with Gasteiger partial charge in [0.1, 0.15) is 17.4 Å². The van der Waals surface area contributed by atoms with E-state index in [1.807, 2.05) is 12.1 Å². The van der Waals surface area contributed by atoms with Crippen molar-refractivity contribution >= 4 is 28.8 Å². The molecular weight excluding hydrogens is 437 g/mol. The Morgan fingerprint density at radius 1 is 1.15 bits per heavy atom. The average Bonchev–Trinajstić information content (AvgIpc) is 2.85. The van der Waals surface area contributed by atoms with Gasteiger partial charge < -0.3 is 30.7 Å². The Labute approximate surface area is 197 Å². The monoisotopic (exact) mass is 465 g/mol. The zero-order valence-electron chi connectivity index (χ0n) is 19.0. The average molecular weight is 466 g/mol. The van der Waals surface area contributed by atoms with Gasteiger partial charge in [-0.2, -0.15) is 0 Å². The first kappa shape index (κ1) is 23.3. The minimum Gasteiger partial charge on any atom is -0.496 e. The lowest BCUT2D eigenvalue weighted by Gasteiger charge is -2.28. The van der Waals surface area contributed by atoms with Gasteiger partial charge in [-0.05, 0) is 42.5 Å². The third-order valence-corrected chi connectivity index (χ3v) is 5.58. The van der Waals surface area contributed by atoms with Crippen LogP contribution in [0.2, 0.25) is 0 Å². The number of primary amides is 1. The highest BCUT2D eigenvalue weighted by Crippen LogP contribution is 2.26. The number of halogens is 1. The van der Waals surface area contributed by atoms with Crippen molar-refractivity contribution in [3.8, 4) is 5.75 Å². The number of ether oxygens (including phenoxy) is 2. The molecule has 3 aromatic rings. The van der Waals surface area contributed by atoms with E-state index in [0.29, 0.717) is 34.9 Å². The van der Waals surface area contributed by atoms with Crippen LogP contribution in [0.5, 0.6) is 5.75 Å². The van der Waals surface area contributed by atoms with E-state index < -0.39 is 5.91 Å². The van der Waals surface area contributed by atoms with E-state index in [9.17, 15) is 9.18 Å². The van der Waals surface area contributed by atoms with Gasteiger partial charge in [0.2, 0.25) is 5.91 Å². The molecule has 1 aliphatic rings. The summed E-state index contributed by atoms with van der Waals surface area (Å²) in [6.45, 7) is 3.52. The Kier molecular flexibility index (Phi) is 7.44. The highest BCUT2D eigenvalue weighted by molar-refractivity contribution is 5.79. The van der Waals surface area contributed by atoms with Crippen molar-refractivity contribution in [2.24, 2.45) is 5.73 Å². The molecule has 1 aliphatic heterocycles. The number of benzene rings is 2. The maximum absolute atomic E-state index is 13.7. The van der Waals surface area contributed by atoms with E-state index in [1.54, 1.807) is 18.3 Å². The fourth-order valence-electron chi connectivity index (χ4n) is 3.85. The van der Waals surface area contributed by atoms with E-state index in [-0.39, 0.29) is 12.2 Å². The highest BCUT2D eigenvalue weighted by Gasteiger charge is 2.13. The number of pyridine rings is 1. The summed E-state index contributed by atoms with van der Waals surface area (Å²) in [5, 5.41) is 6.55. The van der Waals surface area contributed by atoms with Gasteiger partial charge in [-0.1, -0.05) is 0 Å². The largest absolute Gasteiger partial charge is 0.496 e. The van der Waals surface area contributed by atoms with Crippen molar-refractivity contribution in [3.63, 3.8) is 0 Å². The summed E-state index contributed by atoms with van der Waals surface area (Å²) >= 11 is 0. The van der Waals surface area contributed by atoms with E-state index in [1.165, 1.54) is 19.2 Å². The van der Waals surface area contributed by atoms with Crippen LogP contribution in [0.25, 0.3) is 0 Å². The molecule has 2 aromatic carbocycles. The SMILES string of the molecule is COc1ccc(F)cc1CNc1cc(Nc2ccc(N3CCOCC3)cc2)ncc1CC(N)=O. The fourth-order valence-corrected chi connectivity index (χ4v) is 3.85. The molecule has 0 unspecified atom stereocenters. The summed E-state index contributed by atoms with van der Waals surface area (Å²) in [4.78, 5) is 18.3. The molecule has 4 rings (SSSR count). The summed E-state index contributed by atoms with van der Waals surface area (Å²) in [6, 6.07) is 14.3. The van der Waals surface area contributed by atoms with Crippen molar-refractivity contribution in [2.45, 2.75) is 13.0 Å². The topological polar surface area (TPSA) is 102 Å². The number of carbonyl (C=O) groups excluding carboxylic acids is 1. The van der Waals surface area contributed by atoms with Crippen molar-refractivity contribution in [1.29, 1.82) is 0 Å². The van der Waals surface area contributed by atoms with Crippen LogP contribution in [-0.2, 0) is 22.5 Å². The molecule has 0 bridgehead atoms. The van der Waals surface area contributed by atoms with E-state index in [0.717, 1.165) is 37.7 Å². The number of methoxy groups -OCH3 is 1. The van der Waals surface area contributed by atoms with Crippen LogP contribution < -0.4 is 26.0 Å². The molecule has 1 fully saturated rings. The number of anilines is 4. The number of amides is 1. The van der Waals surface area contributed by atoms with Crippen LogP contribution in [0, 0.1) is 5.82 Å². The van der Waals surface area contributed by atoms with Gasteiger partial charge in [0.15, 0.2) is 0 Å². The summed E-state index contributed by atoms with van der Waals surface area (Å²) in [5.41, 5.74) is 9.41. The molecule has 1 saturated heterocycles. The van der Waals surface area contributed by atoms with Gasteiger partial charge >= 0.3 is 0 Å². The maximum atomic E-state index is 13.7. The standard InChI is InChI=1S/C25H28FN5O3/c1-33-23-7-2-19(26)12-18(23)16-28-22-14-25(29-15-17(22)13-24(27)32)30-20-3-5-21(6-4-20)31-8-10-34-11-9-31/h2-7,12,14-15H,8-11,13,16H2,1H3,(H2,27,32)(H2,28,29,30). The molecule has 8 nitrogen and oxygen atoms in total. The van der Waals surface area contributed by atoms with Crippen LogP contribution in [-0.4, -0.2) is 44.3 Å². The molecule has 0 aliphatic carbocycles. The molecule has 0 saturated carbocycles. The number of carbonyl (C=O) groups is 1. The Balaban J connectivity index is 1.51. The molecular formula is C25H28FN5O3. The molecule has 0 spiro atoms. The van der Waals surface area contributed by atoms with Gasteiger partial charge in [-0.25, -0.2) is 9.37 Å². The summed E-state index contributed by atoms with van der Waals surface area (Å²) in [5.74, 6) is 0.347. The fraction of sp³-hybridized carbons (Fsp3) is 0.280. The van der Waals surface area contributed by atoms with Crippen molar-refractivity contribution in [3.05, 3.63) is 71.7 Å². The van der Waals surface area contributed by atoms with Gasteiger partial charge in [-0.3, -0.25) is 4.79 Å². The van der Waals surface area contributed by atoms with Crippen LogP contribution in [0.3, 0.4) is 0 Å². The second kappa shape index (κ2) is 10.8. The van der Waals surface area contributed by atoms with Crippen LogP contribution in [0.4, 0.5) is 27.3 Å². The molecule has 4 N–H and O–H groups in total. The second-order valence-electron chi connectivity index (χ2n) is 7.95. The van der Waals surface area contributed by atoms with Crippen LogP contribution >= 0.6 is 0 Å². The molecule has 178 valence electrons.